The molecule has 0 fully saturated rings. The lowest BCUT2D eigenvalue weighted by Gasteiger charge is -2.06. The normalized spacial score (nSPS) is 11.2. The Morgan fingerprint density at radius 1 is 1.41 bits per heavy atom. The van der Waals surface area contributed by atoms with Gasteiger partial charge in [0.15, 0.2) is 11.1 Å². The summed E-state index contributed by atoms with van der Waals surface area (Å²) in [7, 11) is 0. The molecule has 2 aromatic heterocycles. The number of hydrogen-bond donors (Lipinski definition) is 0. The zero-order valence-electron chi connectivity index (χ0n) is 9.84. The highest BCUT2D eigenvalue weighted by molar-refractivity contribution is 5.69. The number of hydrogen-bond acceptors (Lipinski definition) is 4. The van der Waals surface area contributed by atoms with Crippen molar-refractivity contribution in [1.29, 1.82) is 0 Å². The minimum atomic E-state index is -0.615. The lowest BCUT2D eigenvalue weighted by atomic mass is 10.1. The third-order valence-electron chi connectivity index (χ3n) is 2.57. The molecule has 17 heavy (non-hydrogen) atoms. The largest absolute Gasteiger partial charge is 0.422 e. The van der Waals surface area contributed by atoms with Crippen molar-refractivity contribution in [2.45, 2.75) is 26.8 Å². The van der Waals surface area contributed by atoms with Crippen molar-refractivity contribution in [2.24, 2.45) is 5.92 Å². The molecule has 0 N–H and O–H groups in total. The maximum absolute atomic E-state index is 12.0. The quantitative estimate of drug-likeness (QED) is 0.805. The first-order valence-corrected chi connectivity index (χ1v) is 5.58. The number of aromatic nitrogens is 2. The minimum absolute atomic E-state index is 0.204. The molecule has 0 spiro atoms. The first-order chi connectivity index (χ1) is 8.09. The summed E-state index contributed by atoms with van der Waals surface area (Å²) in [6.07, 6.45) is 2.26. The Balaban J connectivity index is 2.56. The smallest absolute Gasteiger partial charge is 0.407 e. The summed E-state index contributed by atoms with van der Waals surface area (Å²) < 4.78 is 6.16. The predicted octanol–water partition coefficient (Wildman–Crippen LogP) is 1.40. The van der Waals surface area contributed by atoms with Gasteiger partial charge in [-0.05, 0) is 24.5 Å². The summed E-state index contributed by atoms with van der Waals surface area (Å²) in [5.74, 6) is -0.197. The van der Waals surface area contributed by atoms with Gasteiger partial charge in [0, 0.05) is 12.7 Å². The van der Waals surface area contributed by atoms with Crippen molar-refractivity contribution in [3.05, 3.63) is 39.2 Å². The molecule has 0 aliphatic carbocycles. The molecule has 0 unspecified atom stereocenters. The van der Waals surface area contributed by atoms with E-state index in [2.05, 4.69) is 4.98 Å². The van der Waals surface area contributed by atoms with E-state index in [0.717, 1.165) is 11.0 Å². The summed E-state index contributed by atoms with van der Waals surface area (Å²) in [6, 6.07) is 3.20. The fourth-order valence-electron chi connectivity index (χ4n) is 1.57. The van der Waals surface area contributed by atoms with Crippen LogP contribution in [0.25, 0.3) is 11.1 Å². The van der Waals surface area contributed by atoms with Crippen LogP contribution in [0.2, 0.25) is 0 Å². The fourth-order valence-corrected chi connectivity index (χ4v) is 1.57. The van der Waals surface area contributed by atoms with E-state index in [1.807, 2.05) is 13.8 Å². The molecular formula is C12H14N2O3. The van der Waals surface area contributed by atoms with Crippen LogP contribution in [-0.4, -0.2) is 9.55 Å². The molecule has 90 valence electrons. The Morgan fingerprint density at radius 2 is 2.18 bits per heavy atom. The van der Waals surface area contributed by atoms with Crippen molar-refractivity contribution in [2.75, 3.05) is 0 Å². The number of pyridine rings is 1. The molecule has 0 atom stereocenters. The second-order valence-electron chi connectivity index (χ2n) is 4.36. The topological polar surface area (TPSA) is 65.1 Å². The summed E-state index contributed by atoms with van der Waals surface area (Å²) in [4.78, 5) is 27.6. The maximum Gasteiger partial charge on any atom is 0.422 e. The van der Waals surface area contributed by atoms with E-state index in [1.54, 1.807) is 12.1 Å². The zero-order chi connectivity index (χ0) is 12.4. The standard InChI is InChI=1S/C12H14N2O3/c1-8(2)5-7-14-11(15)10-9(17-12(14)16)4-3-6-13-10/h3-4,6,8H,5,7H2,1-2H3. The van der Waals surface area contributed by atoms with Crippen LogP contribution in [0.5, 0.6) is 0 Å². The second kappa shape index (κ2) is 4.53. The lowest BCUT2D eigenvalue weighted by Crippen LogP contribution is -2.33. The molecule has 0 aliphatic rings. The van der Waals surface area contributed by atoms with Crippen LogP contribution in [-0.2, 0) is 6.54 Å². The fraction of sp³-hybridized carbons (Fsp3) is 0.417. The van der Waals surface area contributed by atoms with Crippen molar-refractivity contribution >= 4 is 11.1 Å². The Labute approximate surface area is 97.7 Å². The maximum atomic E-state index is 12.0. The first kappa shape index (κ1) is 11.6. The van der Waals surface area contributed by atoms with Crippen molar-refractivity contribution in [3.8, 4) is 0 Å². The highest BCUT2D eigenvalue weighted by Gasteiger charge is 2.10. The van der Waals surface area contributed by atoms with E-state index in [4.69, 9.17) is 4.42 Å². The number of fused-ring (bicyclic) bond motifs is 1. The van der Waals surface area contributed by atoms with Crippen LogP contribution < -0.4 is 11.3 Å². The molecule has 0 aromatic carbocycles. The third kappa shape index (κ3) is 2.27. The van der Waals surface area contributed by atoms with Gasteiger partial charge in [-0.25, -0.2) is 14.3 Å². The Kier molecular flexibility index (Phi) is 3.08. The molecule has 0 amide bonds. The van der Waals surface area contributed by atoms with Gasteiger partial charge in [0.1, 0.15) is 0 Å². The molecule has 0 bridgehead atoms. The van der Waals surface area contributed by atoms with E-state index in [-0.39, 0.29) is 16.7 Å². The molecule has 0 aliphatic heterocycles. The monoisotopic (exact) mass is 234 g/mol. The van der Waals surface area contributed by atoms with Crippen molar-refractivity contribution in [3.63, 3.8) is 0 Å². The first-order valence-electron chi connectivity index (χ1n) is 5.58. The van der Waals surface area contributed by atoms with Gasteiger partial charge in [0.25, 0.3) is 5.56 Å². The van der Waals surface area contributed by atoms with E-state index in [0.29, 0.717) is 12.5 Å². The van der Waals surface area contributed by atoms with Gasteiger partial charge in [0.05, 0.1) is 0 Å². The molecule has 0 saturated heterocycles. The molecule has 2 heterocycles. The van der Waals surface area contributed by atoms with E-state index >= 15 is 0 Å². The average Bonchev–Trinajstić information content (AvgIpc) is 2.28. The second-order valence-corrected chi connectivity index (χ2v) is 4.36. The molecule has 2 aromatic rings. The lowest BCUT2D eigenvalue weighted by molar-refractivity contribution is 0.422. The highest BCUT2D eigenvalue weighted by Crippen LogP contribution is 2.04. The van der Waals surface area contributed by atoms with E-state index in [1.165, 1.54) is 6.20 Å². The SMILES string of the molecule is CC(C)CCn1c(=O)oc2cccnc2c1=O. The van der Waals surface area contributed by atoms with E-state index < -0.39 is 5.76 Å². The van der Waals surface area contributed by atoms with Gasteiger partial charge in [-0.3, -0.25) is 4.79 Å². The molecule has 5 heteroatoms. The number of rotatable bonds is 3. The molecule has 0 saturated carbocycles. The molecular weight excluding hydrogens is 220 g/mol. The van der Waals surface area contributed by atoms with Crippen LogP contribution in [0.1, 0.15) is 20.3 Å². The Bertz CT molecular complexity index is 640. The van der Waals surface area contributed by atoms with Gasteiger partial charge in [0.2, 0.25) is 0 Å². The van der Waals surface area contributed by atoms with Crippen LogP contribution in [0.15, 0.2) is 32.3 Å². The third-order valence-corrected chi connectivity index (χ3v) is 2.57. The summed E-state index contributed by atoms with van der Waals surface area (Å²) in [5.41, 5.74) is 0.0663. The van der Waals surface area contributed by atoms with E-state index in [9.17, 15) is 9.59 Å². The molecule has 5 nitrogen and oxygen atoms in total. The number of nitrogens with zero attached hydrogens (tertiary/aromatic N) is 2. The van der Waals surface area contributed by atoms with Crippen molar-refractivity contribution < 1.29 is 4.42 Å². The molecule has 0 radical (unpaired) electrons. The van der Waals surface area contributed by atoms with Gasteiger partial charge >= 0.3 is 5.76 Å². The average molecular weight is 234 g/mol. The van der Waals surface area contributed by atoms with Gasteiger partial charge < -0.3 is 4.42 Å². The minimum Gasteiger partial charge on any atom is -0.407 e. The van der Waals surface area contributed by atoms with Gasteiger partial charge in [-0.1, -0.05) is 13.8 Å². The highest BCUT2D eigenvalue weighted by atomic mass is 16.4. The Morgan fingerprint density at radius 3 is 2.88 bits per heavy atom. The Hall–Kier alpha value is -1.91. The summed E-state index contributed by atoms with van der Waals surface area (Å²) in [6.45, 7) is 4.43. The van der Waals surface area contributed by atoms with Crippen LogP contribution in [0, 0.1) is 5.92 Å². The van der Waals surface area contributed by atoms with Gasteiger partial charge in [-0.15, -0.1) is 0 Å². The van der Waals surface area contributed by atoms with Crippen LogP contribution >= 0.6 is 0 Å². The summed E-state index contributed by atoms with van der Waals surface area (Å²) in [5, 5.41) is 0. The summed E-state index contributed by atoms with van der Waals surface area (Å²) >= 11 is 0. The van der Waals surface area contributed by atoms with Crippen molar-refractivity contribution in [1.82, 2.24) is 9.55 Å². The van der Waals surface area contributed by atoms with Crippen LogP contribution in [0.3, 0.4) is 0 Å². The van der Waals surface area contributed by atoms with Gasteiger partial charge in [-0.2, -0.15) is 0 Å². The van der Waals surface area contributed by atoms with Crippen LogP contribution in [0.4, 0.5) is 0 Å². The molecule has 2 rings (SSSR count). The predicted molar refractivity (Wildman–Crippen MR) is 64.0 cm³/mol. The zero-order valence-corrected chi connectivity index (χ0v) is 9.84.